The number of ketones is 2. The standard InChI is InChI=1S/C31H53N5O6/c1-18(2)13-21(26(38)17-29(41)36-24(31(32)42)14-19(3)4)15-27(39)23(16-22-9-8-12-34-22)35-28(40)11-10-25(37)30(33-7)20(5)6/h9,12,18-21,23-24,26,30,33,38H,8,10-11,13-17H2,1-7H3,(H2,32,42)(H,35,40)(H,36,41)/t21-,23+,24+,26+,30+/m1/s1. The second-order valence-corrected chi connectivity index (χ2v) is 12.5. The molecule has 0 aromatic rings. The minimum absolute atomic E-state index is 0.0458. The van der Waals surface area contributed by atoms with Gasteiger partial charge < -0.3 is 26.8 Å². The first-order valence-electron chi connectivity index (χ1n) is 15.1. The molecular weight excluding hydrogens is 538 g/mol. The summed E-state index contributed by atoms with van der Waals surface area (Å²) in [6, 6.07) is -2.09. The lowest BCUT2D eigenvalue weighted by atomic mass is 9.84. The fourth-order valence-electron chi connectivity index (χ4n) is 5.24. The van der Waals surface area contributed by atoms with Crippen LogP contribution in [0.1, 0.15) is 92.9 Å². The monoisotopic (exact) mass is 591 g/mol. The van der Waals surface area contributed by atoms with Crippen LogP contribution in [-0.2, 0) is 24.0 Å². The average Bonchev–Trinajstić information content (AvgIpc) is 3.39. The number of carbonyl (C=O) groups is 5. The second-order valence-electron chi connectivity index (χ2n) is 12.5. The fourth-order valence-corrected chi connectivity index (χ4v) is 5.24. The van der Waals surface area contributed by atoms with E-state index >= 15 is 0 Å². The summed E-state index contributed by atoms with van der Waals surface area (Å²) in [7, 11) is 1.71. The molecule has 6 N–H and O–H groups in total. The molecule has 42 heavy (non-hydrogen) atoms. The SMILES string of the molecule is CN[C@H](C(=O)CCC(=O)N[C@@H](CC1=CCC=N1)C(=O)C[C@@H](CC(C)C)[C@@H](O)CC(=O)N[C@@H](CC(C)C)C(N)=O)C(C)C. The minimum Gasteiger partial charge on any atom is -0.392 e. The maximum atomic E-state index is 13.6. The molecule has 0 unspecified atom stereocenters. The van der Waals surface area contributed by atoms with Crippen molar-refractivity contribution in [1.29, 1.82) is 0 Å². The van der Waals surface area contributed by atoms with E-state index in [-0.39, 0.29) is 67.5 Å². The van der Waals surface area contributed by atoms with Crippen LogP contribution in [0, 0.1) is 23.7 Å². The van der Waals surface area contributed by atoms with Gasteiger partial charge in [0.2, 0.25) is 17.7 Å². The van der Waals surface area contributed by atoms with Crippen molar-refractivity contribution in [2.24, 2.45) is 34.4 Å². The highest BCUT2D eigenvalue weighted by Crippen LogP contribution is 2.24. The number of likely N-dealkylation sites (N-methyl/N-ethyl adjacent to an activating group) is 1. The summed E-state index contributed by atoms with van der Waals surface area (Å²) in [6.45, 7) is 11.6. The summed E-state index contributed by atoms with van der Waals surface area (Å²) in [4.78, 5) is 67.8. The predicted octanol–water partition coefficient (Wildman–Crippen LogP) is 2.20. The van der Waals surface area contributed by atoms with Crippen LogP contribution in [0.4, 0.5) is 0 Å². The topological polar surface area (TPSA) is 180 Å². The first-order valence-corrected chi connectivity index (χ1v) is 15.1. The molecule has 1 rings (SSSR count). The maximum Gasteiger partial charge on any atom is 0.240 e. The van der Waals surface area contributed by atoms with Crippen LogP contribution >= 0.6 is 0 Å². The number of Topliss-reactive ketones (excluding diaryl/α,β-unsaturated/α-hetero) is 2. The first kappa shape index (κ1) is 37.1. The number of primary amides is 1. The first-order chi connectivity index (χ1) is 19.6. The molecule has 0 radical (unpaired) electrons. The third-order valence-electron chi connectivity index (χ3n) is 7.34. The van der Waals surface area contributed by atoms with Crippen molar-refractivity contribution >= 4 is 35.5 Å². The van der Waals surface area contributed by atoms with Gasteiger partial charge >= 0.3 is 0 Å². The minimum atomic E-state index is -1.14. The van der Waals surface area contributed by atoms with Gasteiger partial charge in [0.05, 0.1) is 24.6 Å². The Morgan fingerprint density at radius 2 is 1.50 bits per heavy atom. The summed E-state index contributed by atoms with van der Waals surface area (Å²) in [5.74, 6) is -2.15. The molecule has 0 bridgehead atoms. The molecule has 0 aromatic carbocycles. The Hall–Kier alpha value is -2.92. The zero-order valence-corrected chi connectivity index (χ0v) is 26.4. The van der Waals surface area contributed by atoms with Crippen molar-refractivity contribution in [3.63, 3.8) is 0 Å². The Kier molecular flexibility index (Phi) is 16.4. The molecule has 1 aliphatic heterocycles. The van der Waals surface area contributed by atoms with Gasteiger partial charge in [-0.25, -0.2) is 0 Å². The number of aliphatic hydroxyl groups excluding tert-OH is 1. The normalized spacial score (nSPS) is 16.6. The van der Waals surface area contributed by atoms with Gasteiger partial charge in [0.15, 0.2) is 11.6 Å². The number of nitrogens with zero attached hydrogens (tertiary/aromatic N) is 1. The Balaban J connectivity index is 2.97. The third-order valence-corrected chi connectivity index (χ3v) is 7.34. The van der Waals surface area contributed by atoms with E-state index in [9.17, 15) is 29.1 Å². The zero-order valence-electron chi connectivity index (χ0n) is 26.4. The van der Waals surface area contributed by atoms with E-state index in [1.54, 1.807) is 13.3 Å². The summed E-state index contributed by atoms with van der Waals surface area (Å²) in [5, 5.41) is 19.4. The molecule has 1 heterocycles. The van der Waals surface area contributed by atoms with E-state index in [0.717, 1.165) is 0 Å². The smallest absolute Gasteiger partial charge is 0.240 e. The van der Waals surface area contributed by atoms with Crippen molar-refractivity contribution in [2.45, 2.75) is 117 Å². The number of nitrogens with two attached hydrogens (primary N) is 1. The number of aliphatic hydroxyl groups is 1. The van der Waals surface area contributed by atoms with Gasteiger partial charge in [0.25, 0.3) is 0 Å². The predicted molar refractivity (Wildman–Crippen MR) is 163 cm³/mol. The Morgan fingerprint density at radius 3 is 2.00 bits per heavy atom. The van der Waals surface area contributed by atoms with Crippen LogP contribution in [0.25, 0.3) is 0 Å². The lowest BCUT2D eigenvalue weighted by molar-refractivity contribution is -0.131. The molecule has 3 amide bonds. The summed E-state index contributed by atoms with van der Waals surface area (Å²) < 4.78 is 0. The van der Waals surface area contributed by atoms with E-state index in [4.69, 9.17) is 5.73 Å². The lowest BCUT2D eigenvalue weighted by Crippen LogP contribution is -2.46. The quantitative estimate of drug-likeness (QED) is 0.136. The van der Waals surface area contributed by atoms with Crippen LogP contribution in [0.5, 0.6) is 0 Å². The number of aliphatic imine (C=N–C) groups is 1. The van der Waals surface area contributed by atoms with Crippen LogP contribution in [0.3, 0.4) is 0 Å². The van der Waals surface area contributed by atoms with E-state index in [1.807, 2.05) is 47.6 Å². The molecule has 0 saturated heterocycles. The number of carbonyl (C=O) groups excluding carboxylic acids is 5. The van der Waals surface area contributed by atoms with Gasteiger partial charge in [-0.15, -0.1) is 0 Å². The molecule has 0 aromatic heterocycles. The highest BCUT2D eigenvalue weighted by molar-refractivity contribution is 5.92. The van der Waals surface area contributed by atoms with Crippen molar-refractivity contribution in [2.75, 3.05) is 7.05 Å². The summed E-state index contributed by atoms with van der Waals surface area (Å²) >= 11 is 0. The number of nitrogens with one attached hydrogen (secondary N) is 3. The van der Waals surface area contributed by atoms with Gasteiger partial charge in [-0.1, -0.05) is 47.6 Å². The van der Waals surface area contributed by atoms with Gasteiger partial charge in [-0.2, -0.15) is 0 Å². The largest absolute Gasteiger partial charge is 0.392 e. The number of rotatable bonds is 21. The molecule has 0 fully saturated rings. The number of hydrogen-bond donors (Lipinski definition) is 5. The molecule has 11 heteroatoms. The van der Waals surface area contributed by atoms with Crippen LogP contribution in [0.15, 0.2) is 16.8 Å². The molecule has 0 saturated carbocycles. The van der Waals surface area contributed by atoms with Gasteiger partial charge in [-0.05, 0) is 43.6 Å². The summed E-state index contributed by atoms with van der Waals surface area (Å²) in [5.41, 5.74) is 6.12. The van der Waals surface area contributed by atoms with E-state index < -0.39 is 41.8 Å². The molecule has 5 atom stereocenters. The van der Waals surface area contributed by atoms with Crippen molar-refractivity contribution in [3.8, 4) is 0 Å². The van der Waals surface area contributed by atoms with E-state index in [0.29, 0.717) is 25.0 Å². The number of hydrogen-bond acceptors (Lipinski definition) is 8. The second kappa shape index (κ2) is 18.6. The molecule has 11 nitrogen and oxygen atoms in total. The van der Waals surface area contributed by atoms with Crippen LogP contribution < -0.4 is 21.7 Å². The van der Waals surface area contributed by atoms with Gasteiger partial charge in [-0.3, -0.25) is 29.0 Å². The molecule has 1 aliphatic rings. The fraction of sp³-hybridized carbons (Fsp3) is 0.742. The Labute approximate surface area is 250 Å². The van der Waals surface area contributed by atoms with Crippen molar-refractivity contribution < 1.29 is 29.1 Å². The third kappa shape index (κ3) is 13.8. The van der Waals surface area contributed by atoms with E-state index in [2.05, 4.69) is 20.9 Å². The Morgan fingerprint density at radius 1 is 0.881 bits per heavy atom. The molecule has 238 valence electrons. The number of allylic oxidation sites excluding steroid dienone is 1. The van der Waals surface area contributed by atoms with Gasteiger partial charge in [0.1, 0.15) is 6.04 Å². The molecule has 0 aliphatic carbocycles. The average molecular weight is 592 g/mol. The number of amides is 3. The Bertz CT molecular complexity index is 990. The highest BCUT2D eigenvalue weighted by atomic mass is 16.3. The van der Waals surface area contributed by atoms with Crippen LogP contribution in [0.2, 0.25) is 0 Å². The van der Waals surface area contributed by atoms with Crippen molar-refractivity contribution in [3.05, 3.63) is 11.8 Å². The maximum absolute atomic E-state index is 13.6. The summed E-state index contributed by atoms with van der Waals surface area (Å²) in [6.07, 6.45) is 3.80. The van der Waals surface area contributed by atoms with Crippen molar-refractivity contribution in [1.82, 2.24) is 16.0 Å². The zero-order chi connectivity index (χ0) is 32.0. The van der Waals surface area contributed by atoms with E-state index in [1.165, 1.54) is 0 Å². The highest BCUT2D eigenvalue weighted by Gasteiger charge is 2.31. The van der Waals surface area contributed by atoms with Crippen LogP contribution in [-0.4, -0.2) is 71.9 Å². The molecular formula is C31H53N5O6. The van der Waals surface area contributed by atoms with Gasteiger partial charge in [0, 0.05) is 44.0 Å². The lowest BCUT2D eigenvalue weighted by Gasteiger charge is -2.27. The molecule has 0 spiro atoms.